The minimum absolute atomic E-state index is 0.376. The minimum Gasteiger partial charge on any atom is -0.394 e. The summed E-state index contributed by atoms with van der Waals surface area (Å²) < 4.78 is 0. The smallest absolute Gasteiger partial charge is 0.249 e. The number of hydrogen-bond donors (Lipinski definition) is 5. The SMILES string of the molecule is CCCCCCCCCCCCCCCCCCCCCCCCCCCCCCCCC(O)C(=O)NC(CO)C(O)C(O)CCCCCCCCCCCC. The molecule has 0 spiro atoms. The predicted molar refractivity (Wildman–Crippen MR) is 242 cm³/mol. The summed E-state index contributed by atoms with van der Waals surface area (Å²) in [7, 11) is 0. The molecular formula is C50H101NO5. The van der Waals surface area contributed by atoms with Crippen molar-refractivity contribution >= 4 is 5.91 Å². The number of aliphatic hydroxyl groups is 4. The zero-order valence-electron chi connectivity index (χ0n) is 37.9. The Morgan fingerprint density at radius 3 is 0.857 bits per heavy atom. The normalized spacial score (nSPS) is 13.9. The lowest BCUT2D eigenvalue weighted by Crippen LogP contribution is -2.53. The van der Waals surface area contributed by atoms with Crippen LogP contribution in [-0.4, -0.2) is 57.3 Å². The molecule has 0 radical (unpaired) electrons. The maximum absolute atomic E-state index is 12.5. The van der Waals surface area contributed by atoms with E-state index in [-0.39, 0.29) is 0 Å². The van der Waals surface area contributed by atoms with Gasteiger partial charge in [0.1, 0.15) is 12.2 Å². The number of carbonyl (C=O) groups excluding carboxylic acids is 1. The number of rotatable bonds is 47. The van der Waals surface area contributed by atoms with Crippen molar-refractivity contribution in [2.75, 3.05) is 6.61 Å². The van der Waals surface area contributed by atoms with Gasteiger partial charge < -0.3 is 25.7 Å². The van der Waals surface area contributed by atoms with Gasteiger partial charge in [0.05, 0.1) is 18.8 Å². The van der Waals surface area contributed by atoms with Gasteiger partial charge in [-0.05, 0) is 12.8 Å². The molecule has 0 aliphatic carbocycles. The van der Waals surface area contributed by atoms with Crippen LogP contribution in [0.1, 0.15) is 284 Å². The van der Waals surface area contributed by atoms with Gasteiger partial charge in [-0.25, -0.2) is 0 Å². The van der Waals surface area contributed by atoms with Gasteiger partial charge in [-0.3, -0.25) is 4.79 Å². The maximum atomic E-state index is 12.5. The summed E-state index contributed by atoms with van der Waals surface area (Å²) in [4.78, 5) is 12.5. The molecule has 56 heavy (non-hydrogen) atoms. The second-order valence-electron chi connectivity index (χ2n) is 17.9. The van der Waals surface area contributed by atoms with Crippen LogP contribution >= 0.6 is 0 Å². The summed E-state index contributed by atoms with van der Waals surface area (Å²) in [5.74, 6) is -0.579. The highest BCUT2D eigenvalue weighted by molar-refractivity contribution is 5.80. The zero-order valence-corrected chi connectivity index (χ0v) is 37.9. The van der Waals surface area contributed by atoms with Crippen LogP contribution in [0.25, 0.3) is 0 Å². The average Bonchev–Trinajstić information content (AvgIpc) is 3.20. The molecule has 0 aliphatic rings. The standard InChI is InChI=1S/C50H101NO5/c1-3-5-7-9-11-13-15-16-17-18-19-20-21-22-23-24-25-26-27-28-29-30-31-32-33-34-36-38-40-42-44-48(54)50(56)51-46(45-52)49(55)47(53)43-41-39-37-35-14-12-10-8-6-4-2/h46-49,52-55H,3-45H2,1-2H3,(H,51,56). The predicted octanol–water partition coefficient (Wildman–Crippen LogP) is 14.0. The van der Waals surface area contributed by atoms with Gasteiger partial charge in [0.15, 0.2) is 0 Å². The van der Waals surface area contributed by atoms with E-state index in [1.807, 2.05) is 0 Å². The molecule has 0 saturated heterocycles. The van der Waals surface area contributed by atoms with E-state index in [9.17, 15) is 25.2 Å². The number of hydrogen-bond acceptors (Lipinski definition) is 5. The summed E-state index contributed by atoms with van der Waals surface area (Å²) in [5, 5.41) is 43.6. The van der Waals surface area contributed by atoms with Crippen LogP contribution in [0, 0.1) is 0 Å². The lowest BCUT2D eigenvalue weighted by molar-refractivity contribution is -0.132. The molecule has 0 rings (SSSR count). The summed E-state index contributed by atoms with van der Waals surface area (Å²) in [6.45, 7) is 4.05. The van der Waals surface area contributed by atoms with Gasteiger partial charge in [-0.1, -0.05) is 271 Å². The molecular weight excluding hydrogens is 695 g/mol. The van der Waals surface area contributed by atoms with Crippen LogP contribution < -0.4 is 5.32 Å². The molecule has 0 bridgehead atoms. The van der Waals surface area contributed by atoms with Gasteiger partial charge >= 0.3 is 0 Å². The lowest BCUT2D eigenvalue weighted by Gasteiger charge is -2.27. The Balaban J connectivity index is 3.51. The molecule has 6 heteroatoms. The van der Waals surface area contributed by atoms with Gasteiger partial charge in [-0.2, -0.15) is 0 Å². The Bertz CT molecular complexity index is 766. The topological polar surface area (TPSA) is 110 Å². The Morgan fingerprint density at radius 2 is 0.607 bits per heavy atom. The van der Waals surface area contributed by atoms with E-state index in [1.165, 1.54) is 218 Å². The monoisotopic (exact) mass is 796 g/mol. The van der Waals surface area contributed by atoms with Crippen LogP contribution in [0.15, 0.2) is 0 Å². The minimum atomic E-state index is -1.25. The second kappa shape index (κ2) is 45.4. The first-order valence-corrected chi connectivity index (χ1v) is 25.4. The van der Waals surface area contributed by atoms with Crippen LogP contribution in [0.2, 0.25) is 0 Å². The van der Waals surface area contributed by atoms with Crippen molar-refractivity contribution < 1.29 is 25.2 Å². The first kappa shape index (κ1) is 55.3. The average molecular weight is 796 g/mol. The molecule has 0 fully saturated rings. The maximum Gasteiger partial charge on any atom is 0.249 e. The molecule has 4 atom stereocenters. The molecule has 1 amide bonds. The second-order valence-corrected chi connectivity index (χ2v) is 17.9. The molecule has 0 aliphatic heterocycles. The third kappa shape index (κ3) is 38.8. The molecule has 4 unspecified atom stereocenters. The Kier molecular flexibility index (Phi) is 44.8. The third-order valence-electron chi connectivity index (χ3n) is 12.3. The van der Waals surface area contributed by atoms with Crippen LogP contribution in [0.4, 0.5) is 0 Å². The fourth-order valence-corrected chi connectivity index (χ4v) is 8.29. The van der Waals surface area contributed by atoms with E-state index in [4.69, 9.17) is 0 Å². The van der Waals surface area contributed by atoms with Crippen molar-refractivity contribution in [2.24, 2.45) is 0 Å². The summed E-state index contributed by atoms with van der Waals surface area (Å²) >= 11 is 0. The van der Waals surface area contributed by atoms with Crippen molar-refractivity contribution in [1.82, 2.24) is 5.32 Å². The number of aliphatic hydroxyl groups excluding tert-OH is 4. The van der Waals surface area contributed by atoms with Gasteiger partial charge in [0, 0.05) is 0 Å². The van der Waals surface area contributed by atoms with E-state index in [0.717, 1.165) is 38.5 Å². The van der Waals surface area contributed by atoms with E-state index in [2.05, 4.69) is 19.2 Å². The van der Waals surface area contributed by atoms with Crippen LogP contribution in [0.3, 0.4) is 0 Å². The van der Waals surface area contributed by atoms with E-state index >= 15 is 0 Å². The molecule has 0 heterocycles. The molecule has 0 aromatic heterocycles. The van der Waals surface area contributed by atoms with Crippen molar-refractivity contribution in [3.05, 3.63) is 0 Å². The number of carbonyl (C=O) groups is 1. The number of amides is 1. The van der Waals surface area contributed by atoms with Gasteiger partial charge in [-0.15, -0.1) is 0 Å². The lowest BCUT2D eigenvalue weighted by atomic mass is 9.99. The van der Waals surface area contributed by atoms with Gasteiger partial charge in [0.25, 0.3) is 0 Å². The van der Waals surface area contributed by atoms with Crippen molar-refractivity contribution in [1.29, 1.82) is 0 Å². The molecule has 0 saturated carbocycles. The van der Waals surface area contributed by atoms with Crippen LogP contribution in [0.5, 0.6) is 0 Å². The first-order chi connectivity index (χ1) is 27.5. The largest absolute Gasteiger partial charge is 0.394 e. The molecule has 336 valence electrons. The molecule has 6 nitrogen and oxygen atoms in total. The van der Waals surface area contributed by atoms with E-state index < -0.39 is 36.9 Å². The van der Waals surface area contributed by atoms with Crippen LogP contribution in [-0.2, 0) is 4.79 Å². The fraction of sp³-hybridized carbons (Fsp3) is 0.980. The molecule has 0 aromatic carbocycles. The van der Waals surface area contributed by atoms with E-state index in [1.54, 1.807) is 0 Å². The summed E-state index contributed by atoms with van der Waals surface area (Å²) in [6, 6.07) is -0.978. The van der Waals surface area contributed by atoms with Crippen molar-refractivity contribution in [3.63, 3.8) is 0 Å². The van der Waals surface area contributed by atoms with Crippen molar-refractivity contribution in [3.8, 4) is 0 Å². The van der Waals surface area contributed by atoms with Gasteiger partial charge in [0.2, 0.25) is 5.91 Å². The number of unbranched alkanes of at least 4 members (excludes halogenated alkanes) is 38. The fourth-order valence-electron chi connectivity index (χ4n) is 8.29. The number of nitrogens with one attached hydrogen (secondary N) is 1. The third-order valence-corrected chi connectivity index (χ3v) is 12.3. The quantitative estimate of drug-likeness (QED) is 0.0394. The molecule has 0 aromatic rings. The Morgan fingerprint density at radius 1 is 0.375 bits per heavy atom. The Labute approximate surface area is 350 Å². The van der Waals surface area contributed by atoms with Crippen molar-refractivity contribution in [2.45, 2.75) is 308 Å². The highest BCUT2D eigenvalue weighted by Gasteiger charge is 2.28. The highest BCUT2D eigenvalue weighted by atomic mass is 16.3. The summed E-state index contributed by atoms with van der Waals surface area (Å²) in [6.07, 6.45) is 50.4. The zero-order chi connectivity index (χ0) is 41.0. The Hall–Kier alpha value is -0.690. The van der Waals surface area contributed by atoms with E-state index in [0.29, 0.717) is 12.8 Å². The summed E-state index contributed by atoms with van der Waals surface area (Å²) in [5.41, 5.74) is 0. The first-order valence-electron chi connectivity index (χ1n) is 25.4. The molecule has 5 N–H and O–H groups in total. The highest BCUT2D eigenvalue weighted by Crippen LogP contribution is 2.18.